The first kappa shape index (κ1) is 25.1. The first-order chi connectivity index (χ1) is 15.9. The topological polar surface area (TPSA) is 86.4 Å². The van der Waals surface area contributed by atoms with Crippen molar-refractivity contribution in [3.63, 3.8) is 0 Å². The molecule has 1 aromatic heterocycles. The van der Waals surface area contributed by atoms with E-state index in [1.165, 1.54) is 16.4 Å². The summed E-state index contributed by atoms with van der Waals surface area (Å²) in [6.07, 6.45) is 2.27. The van der Waals surface area contributed by atoms with Crippen LogP contribution in [0.5, 0.6) is 0 Å². The third-order valence-electron chi connectivity index (χ3n) is 4.84. The Morgan fingerprint density at radius 3 is 2.18 bits per heavy atom. The maximum absolute atomic E-state index is 13.5. The number of halogens is 2. The molecule has 33 heavy (non-hydrogen) atoms. The van der Waals surface area contributed by atoms with Gasteiger partial charge in [0.2, 0.25) is 0 Å². The van der Waals surface area contributed by atoms with E-state index in [-0.39, 0.29) is 4.90 Å². The number of hydrogen-bond acceptors (Lipinski definition) is 6. The van der Waals surface area contributed by atoms with Gasteiger partial charge >= 0.3 is 0 Å². The highest BCUT2D eigenvalue weighted by atomic mass is 35.5. The van der Waals surface area contributed by atoms with Gasteiger partial charge < -0.3 is 16.0 Å². The molecule has 0 aliphatic carbocycles. The lowest BCUT2D eigenvalue weighted by atomic mass is 10.3. The molecular weight excluding hydrogens is 481 g/mol. The van der Waals surface area contributed by atoms with Crippen molar-refractivity contribution in [2.75, 3.05) is 48.2 Å². The fourth-order valence-corrected chi connectivity index (χ4v) is 4.96. The van der Waals surface area contributed by atoms with Crippen LogP contribution in [0.1, 0.15) is 6.42 Å². The quantitative estimate of drug-likeness (QED) is 0.307. The molecule has 0 spiro atoms. The zero-order chi connectivity index (χ0) is 23.7. The number of nitrogens with one attached hydrogen (secondary N) is 3. The van der Waals surface area contributed by atoms with Crippen molar-refractivity contribution < 1.29 is 8.42 Å². The van der Waals surface area contributed by atoms with Gasteiger partial charge in [0.25, 0.3) is 10.0 Å². The maximum Gasteiger partial charge on any atom is 0.264 e. The van der Waals surface area contributed by atoms with Crippen LogP contribution in [-0.2, 0) is 10.0 Å². The minimum Gasteiger partial charge on any atom is -0.383 e. The van der Waals surface area contributed by atoms with E-state index in [9.17, 15) is 8.42 Å². The lowest BCUT2D eigenvalue weighted by molar-refractivity contribution is 0.588. The van der Waals surface area contributed by atoms with Crippen LogP contribution in [-0.4, -0.2) is 46.6 Å². The minimum atomic E-state index is -3.81. The first-order valence-electron chi connectivity index (χ1n) is 10.5. The summed E-state index contributed by atoms with van der Waals surface area (Å²) in [4.78, 5) is 4.58. The van der Waals surface area contributed by atoms with Crippen LogP contribution < -0.4 is 20.3 Å². The molecule has 0 aliphatic heterocycles. The number of anilines is 3. The van der Waals surface area contributed by atoms with Crippen molar-refractivity contribution in [2.45, 2.75) is 11.3 Å². The summed E-state index contributed by atoms with van der Waals surface area (Å²) in [5.74, 6) is 0.498. The molecule has 0 atom stereocenters. The second-order valence-corrected chi connectivity index (χ2v) is 9.95. The molecule has 0 aliphatic rings. The number of hydrogen-bond donors (Lipinski definition) is 3. The Bertz CT molecular complexity index is 1130. The zero-order valence-electron chi connectivity index (χ0n) is 18.3. The SMILES string of the molecule is CNCCCN(c1cccnc1NCCNc1ccc(Cl)cc1)S(=O)(=O)c1ccc(Cl)cc1. The Kier molecular flexibility index (Phi) is 9.20. The van der Waals surface area contributed by atoms with Crippen LogP contribution in [0.3, 0.4) is 0 Å². The van der Waals surface area contributed by atoms with Crippen molar-refractivity contribution in [1.82, 2.24) is 10.3 Å². The lowest BCUT2D eigenvalue weighted by Gasteiger charge is -2.26. The molecule has 0 amide bonds. The third-order valence-corrected chi connectivity index (χ3v) is 7.17. The molecule has 7 nitrogen and oxygen atoms in total. The van der Waals surface area contributed by atoms with E-state index >= 15 is 0 Å². The van der Waals surface area contributed by atoms with Gasteiger partial charge in [0.1, 0.15) is 0 Å². The van der Waals surface area contributed by atoms with Gasteiger partial charge in [0.15, 0.2) is 5.82 Å². The first-order valence-corrected chi connectivity index (χ1v) is 12.7. The van der Waals surface area contributed by atoms with E-state index in [1.807, 2.05) is 31.3 Å². The van der Waals surface area contributed by atoms with E-state index < -0.39 is 10.0 Å². The largest absolute Gasteiger partial charge is 0.383 e. The van der Waals surface area contributed by atoms with Gasteiger partial charge in [-0.15, -0.1) is 0 Å². The molecule has 10 heteroatoms. The standard InChI is InChI=1S/C23H27Cl2N5O2S/c1-26-13-3-17-30(33(31,32)21-11-7-19(25)8-12-21)22-4-2-14-28-23(22)29-16-15-27-20-9-5-18(24)6-10-20/h2,4-12,14,26-27H,3,13,15-17H2,1H3,(H,28,29). The van der Waals surface area contributed by atoms with Crippen LogP contribution in [0.2, 0.25) is 10.0 Å². The van der Waals surface area contributed by atoms with Crippen molar-refractivity contribution in [3.8, 4) is 0 Å². The van der Waals surface area contributed by atoms with Gasteiger partial charge in [-0.25, -0.2) is 13.4 Å². The molecule has 0 saturated heterocycles. The molecule has 3 aromatic rings. The Hall–Kier alpha value is -2.52. The predicted molar refractivity (Wildman–Crippen MR) is 137 cm³/mol. The zero-order valence-corrected chi connectivity index (χ0v) is 20.6. The van der Waals surface area contributed by atoms with Crippen molar-refractivity contribution >= 4 is 50.4 Å². The fourth-order valence-electron chi connectivity index (χ4n) is 3.19. The number of nitrogens with zero attached hydrogens (tertiary/aromatic N) is 2. The minimum absolute atomic E-state index is 0.176. The predicted octanol–water partition coefficient (Wildman–Crippen LogP) is 4.72. The smallest absolute Gasteiger partial charge is 0.264 e. The summed E-state index contributed by atoms with van der Waals surface area (Å²) in [6, 6.07) is 17.1. The van der Waals surface area contributed by atoms with Crippen LogP contribution in [0.15, 0.2) is 71.8 Å². The summed E-state index contributed by atoms with van der Waals surface area (Å²) in [6.45, 7) is 2.13. The highest BCUT2D eigenvalue weighted by Gasteiger charge is 2.27. The highest BCUT2D eigenvalue weighted by molar-refractivity contribution is 7.92. The number of pyridine rings is 1. The molecule has 3 rings (SSSR count). The summed E-state index contributed by atoms with van der Waals surface area (Å²) in [5.41, 5.74) is 1.44. The number of aromatic nitrogens is 1. The molecule has 0 fully saturated rings. The molecule has 0 saturated carbocycles. The van der Waals surface area contributed by atoms with Gasteiger partial charge in [0.05, 0.1) is 10.6 Å². The van der Waals surface area contributed by atoms with E-state index in [0.717, 1.165) is 5.69 Å². The second kappa shape index (κ2) is 12.1. The average Bonchev–Trinajstić information content (AvgIpc) is 2.81. The van der Waals surface area contributed by atoms with Gasteiger partial charge in [-0.3, -0.25) is 4.31 Å². The Balaban J connectivity index is 1.79. The fraction of sp³-hybridized carbons (Fsp3) is 0.261. The van der Waals surface area contributed by atoms with Crippen LogP contribution in [0.4, 0.5) is 17.2 Å². The molecule has 176 valence electrons. The third kappa shape index (κ3) is 6.98. The molecule has 0 radical (unpaired) electrons. The lowest BCUT2D eigenvalue weighted by Crippen LogP contribution is -2.34. The molecular formula is C23H27Cl2N5O2S. The van der Waals surface area contributed by atoms with Crippen LogP contribution >= 0.6 is 23.2 Å². The molecule has 0 bridgehead atoms. The Labute approximate surface area is 205 Å². The normalized spacial score (nSPS) is 11.2. The monoisotopic (exact) mass is 507 g/mol. The Morgan fingerprint density at radius 2 is 1.52 bits per heavy atom. The summed E-state index contributed by atoms with van der Waals surface area (Å²) in [7, 11) is -1.98. The van der Waals surface area contributed by atoms with Gasteiger partial charge in [0, 0.05) is 41.6 Å². The molecule has 3 N–H and O–H groups in total. The van der Waals surface area contributed by atoms with Gasteiger partial charge in [-0.1, -0.05) is 23.2 Å². The molecule has 1 heterocycles. The van der Waals surface area contributed by atoms with Crippen molar-refractivity contribution in [1.29, 1.82) is 0 Å². The maximum atomic E-state index is 13.5. The van der Waals surface area contributed by atoms with Crippen molar-refractivity contribution in [3.05, 3.63) is 76.9 Å². The van der Waals surface area contributed by atoms with Gasteiger partial charge in [-0.05, 0) is 80.7 Å². The number of benzene rings is 2. The number of rotatable bonds is 12. The van der Waals surface area contributed by atoms with Crippen molar-refractivity contribution in [2.24, 2.45) is 0 Å². The van der Waals surface area contributed by atoms with Crippen LogP contribution in [0.25, 0.3) is 0 Å². The van der Waals surface area contributed by atoms with E-state index in [4.69, 9.17) is 23.2 Å². The summed E-state index contributed by atoms with van der Waals surface area (Å²) in [5, 5.41) is 10.8. The molecule has 2 aromatic carbocycles. The molecule has 0 unspecified atom stereocenters. The average molecular weight is 508 g/mol. The van der Waals surface area contributed by atoms with Gasteiger partial charge in [-0.2, -0.15) is 0 Å². The van der Waals surface area contributed by atoms with Crippen LogP contribution in [0, 0.1) is 0 Å². The number of sulfonamides is 1. The van der Waals surface area contributed by atoms with E-state index in [1.54, 1.807) is 30.5 Å². The Morgan fingerprint density at radius 1 is 0.879 bits per heavy atom. The van der Waals surface area contributed by atoms with E-state index in [0.29, 0.717) is 54.2 Å². The highest BCUT2D eigenvalue weighted by Crippen LogP contribution is 2.30. The summed E-state index contributed by atoms with van der Waals surface area (Å²) >= 11 is 11.9. The van der Waals surface area contributed by atoms with E-state index in [2.05, 4.69) is 20.9 Å². The second-order valence-electron chi connectivity index (χ2n) is 7.22. The summed E-state index contributed by atoms with van der Waals surface area (Å²) < 4.78 is 28.4.